The van der Waals surface area contributed by atoms with E-state index in [-0.39, 0.29) is 0 Å². The van der Waals surface area contributed by atoms with E-state index in [9.17, 15) is 0 Å². The second-order valence-electron chi connectivity index (χ2n) is 2.36. The third-order valence-corrected chi connectivity index (χ3v) is 1.75. The molecule has 0 aromatic heterocycles. The van der Waals surface area contributed by atoms with E-state index in [1.54, 1.807) is 0 Å². The Labute approximate surface area is 61.2 Å². The molecule has 1 aliphatic rings. The Morgan fingerprint density at radius 3 is 2.89 bits per heavy atom. The average molecular weight is 143 g/mol. The first-order chi connectivity index (χ1) is 4.33. The van der Waals surface area contributed by atoms with E-state index < -0.39 is 0 Å². The summed E-state index contributed by atoms with van der Waals surface area (Å²) in [5.41, 5.74) is 0. The van der Waals surface area contributed by atoms with Crippen LogP contribution in [0.3, 0.4) is 0 Å². The molecule has 0 fully saturated rings. The zero-order chi connectivity index (χ0) is 6.69. The van der Waals surface area contributed by atoms with E-state index in [0.717, 1.165) is 5.03 Å². The zero-order valence-corrected chi connectivity index (χ0v) is 6.36. The molecule has 1 atom stereocenters. The van der Waals surface area contributed by atoms with Crippen molar-refractivity contribution in [3.05, 3.63) is 23.3 Å². The molecule has 1 heteroatoms. The van der Waals surface area contributed by atoms with Gasteiger partial charge in [-0.25, -0.2) is 0 Å². The van der Waals surface area contributed by atoms with Crippen LogP contribution in [0.5, 0.6) is 0 Å². The van der Waals surface area contributed by atoms with Crippen LogP contribution in [0, 0.1) is 5.92 Å². The van der Waals surface area contributed by atoms with Crippen LogP contribution in [-0.2, 0) is 0 Å². The molecule has 0 aliphatic heterocycles. The second-order valence-corrected chi connectivity index (χ2v) is 2.80. The summed E-state index contributed by atoms with van der Waals surface area (Å²) in [7, 11) is 0. The number of allylic oxidation sites excluding steroid dienone is 4. The maximum atomic E-state index is 5.72. The third kappa shape index (κ3) is 1.87. The van der Waals surface area contributed by atoms with E-state index in [2.05, 4.69) is 19.1 Å². The van der Waals surface area contributed by atoms with Crippen molar-refractivity contribution in [1.29, 1.82) is 0 Å². The van der Waals surface area contributed by atoms with Crippen LogP contribution in [0.1, 0.15) is 19.8 Å². The maximum Gasteiger partial charge on any atom is 0.0369 e. The number of hydrogen-bond acceptors (Lipinski definition) is 0. The minimum Gasteiger partial charge on any atom is -0.0847 e. The Bertz CT molecular complexity index is 145. The van der Waals surface area contributed by atoms with Crippen LogP contribution >= 0.6 is 11.6 Å². The highest BCUT2D eigenvalue weighted by Crippen LogP contribution is 2.21. The lowest BCUT2D eigenvalue weighted by Crippen LogP contribution is -1.85. The molecule has 0 nitrogen and oxygen atoms in total. The number of hydrogen-bond donors (Lipinski definition) is 0. The lowest BCUT2D eigenvalue weighted by molar-refractivity contribution is 0.697. The van der Waals surface area contributed by atoms with Crippen LogP contribution in [0.2, 0.25) is 0 Å². The molecule has 0 radical (unpaired) electrons. The lowest BCUT2D eigenvalue weighted by Gasteiger charge is -1.98. The highest BCUT2D eigenvalue weighted by Gasteiger charge is 2.05. The van der Waals surface area contributed by atoms with Gasteiger partial charge in [0.2, 0.25) is 0 Å². The number of halogens is 1. The van der Waals surface area contributed by atoms with E-state index in [1.165, 1.54) is 12.8 Å². The van der Waals surface area contributed by atoms with Gasteiger partial charge in [-0.1, -0.05) is 37.1 Å². The molecule has 0 spiro atoms. The monoisotopic (exact) mass is 142 g/mol. The van der Waals surface area contributed by atoms with E-state index >= 15 is 0 Å². The molecule has 9 heavy (non-hydrogen) atoms. The minimum absolute atomic E-state index is 0.613. The summed E-state index contributed by atoms with van der Waals surface area (Å²) in [6.45, 7) is 2.19. The molecule has 0 bridgehead atoms. The molecule has 0 saturated heterocycles. The summed E-state index contributed by atoms with van der Waals surface area (Å²) in [5.74, 6) is 0.613. The van der Waals surface area contributed by atoms with Crippen molar-refractivity contribution in [3.63, 3.8) is 0 Å². The Morgan fingerprint density at radius 1 is 1.67 bits per heavy atom. The Hall–Kier alpha value is -0.230. The van der Waals surface area contributed by atoms with Crippen LogP contribution in [-0.4, -0.2) is 0 Å². The van der Waals surface area contributed by atoms with E-state index in [1.807, 2.05) is 6.08 Å². The molecule has 0 heterocycles. The average Bonchev–Trinajstić information content (AvgIpc) is 2.17. The highest BCUT2D eigenvalue weighted by atomic mass is 35.5. The maximum absolute atomic E-state index is 5.72. The quantitative estimate of drug-likeness (QED) is 0.556. The van der Waals surface area contributed by atoms with Crippen molar-refractivity contribution in [2.45, 2.75) is 19.8 Å². The molecule has 0 aromatic carbocycles. The normalized spacial score (nSPS) is 24.7. The molecule has 1 unspecified atom stereocenters. The van der Waals surface area contributed by atoms with Crippen LogP contribution in [0.4, 0.5) is 0 Å². The van der Waals surface area contributed by atoms with Gasteiger partial charge in [-0.2, -0.15) is 0 Å². The molecule has 1 aliphatic carbocycles. The van der Waals surface area contributed by atoms with Gasteiger partial charge in [0.15, 0.2) is 0 Å². The first kappa shape index (κ1) is 6.88. The molecule has 1 rings (SSSR count). The molecular formula is C8H11Cl. The molecule has 0 amide bonds. The highest BCUT2D eigenvalue weighted by molar-refractivity contribution is 6.31. The summed E-state index contributed by atoms with van der Waals surface area (Å²) in [6, 6.07) is 0. The molecule has 0 N–H and O–H groups in total. The predicted molar refractivity (Wildman–Crippen MR) is 41.5 cm³/mol. The van der Waals surface area contributed by atoms with Gasteiger partial charge in [0.25, 0.3) is 0 Å². The SMILES string of the molecule is CCCC1C=CC(Cl)=C1. The van der Waals surface area contributed by atoms with Crippen molar-refractivity contribution in [1.82, 2.24) is 0 Å². The summed E-state index contributed by atoms with van der Waals surface area (Å²) in [5, 5.41) is 0.897. The summed E-state index contributed by atoms with van der Waals surface area (Å²) in [6.07, 6.45) is 8.70. The first-order valence-corrected chi connectivity index (χ1v) is 3.76. The van der Waals surface area contributed by atoms with Gasteiger partial charge in [-0.15, -0.1) is 0 Å². The standard InChI is InChI=1S/C8H11Cl/c1-2-3-7-4-5-8(9)6-7/h4-7H,2-3H2,1H3. The van der Waals surface area contributed by atoms with Crippen molar-refractivity contribution >= 4 is 11.6 Å². The summed E-state index contributed by atoms with van der Waals surface area (Å²) >= 11 is 5.72. The van der Waals surface area contributed by atoms with Crippen molar-refractivity contribution < 1.29 is 0 Å². The van der Waals surface area contributed by atoms with Gasteiger partial charge < -0.3 is 0 Å². The summed E-state index contributed by atoms with van der Waals surface area (Å²) < 4.78 is 0. The topological polar surface area (TPSA) is 0 Å². The molecule has 0 saturated carbocycles. The fourth-order valence-electron chi connectivity index (χ4n) is 1.04. The predicted octanol–water partition coefficient (Wildman–Crippen LogP) is 3.10. The Kier molecular flexibility index (Phi) is 2.35. The molecule has 0 aromatic rings. The number of rotatable bonds is 2. The van der Waals surface area contributed by atoms with Gasteiger partial charge in [0.05, 0.1) is 0 Å². The smallest absolute Gasteiger partial charge is 0.0369 e. The fraction of sp³-hybridized carbons (Fsp3) is 0.500. The van der Waals surface area contributed by atoms with Crippen LogP contribution in [0.25, 0.3) is 0 Å². The first-order valence-electron chi connectivity index (χ1n) is 3.38. The summed E-state index contributed by atoms with van der Waals surface area (Å²) in [4.78, 5) is 0. The third-order valence-electron chi connectivity index (χ3n) is 1.50. The Morgan fingerprint density at radius 2 is 2.44 bits per heavy atom. The van der Waals surface area contributed by atoms with E-state index in [4.69, 9.17) is 11.6 Å². The van der Waals surface area contributed by atoms with Crippen LogP contribution in [0.15, 0.2) is 23.3 Å². The van der Waals surface area contributed by atoms with Gasteiger partial charge in [-0.3, -0.25) is 0 Å². The zero-order valence-electron chi connectivity index (χ0n) is 5.60. The second kappa shape index (κ2) is 3.07. The van der Waals surface area contributed by atoms with E-state index in [0.29, 0.717) is 5.92 Å². The van der Waals surface area contributed by atoms with Crippen molar-refractivity contribution in [2.75, 3.05) is 0 Å². The Balaban J connectivity index is 2.40. The van der Waals surface area contributed by atoms with Crippen molar-refractivity contribution in [3.8, 4) is 0 Å². The van der Waals surface area contributed by atoms with Gasteiger partial charge >= 0.3 is 0 Å². The minimum atomic E-state index is 0.613. The largest absolute Gasteiger partial charge is 0.0847 e. The fourth-order valence-corrected chi connectivity index (χ4v) is 1.28. The molecule has 50 valence electrons. The van der Waals surface area contributed by atoms with Crippen LogP contribution < -0.4 is 0 Å². The van der Waals surface area contributed by atoms with Gasteiger partial charge in [0, 0.05) is 5.03 Å². The molecular weight excluding hydrogens is 132 g/mol. The van der Waals surface area contributed by atoms with Gasteiger partial charge in [-0.05, 0) is 18.4 Å². The van der Waals surface area contributed by atoms with Crippen molar-refractivity contribution in [2.24, 2.45) is 5.92 Å². The lowest BCUT2D eigenvalue weighted by atomic mass is 10.1. The van der Waals surface area contributed by atoms with Gasteiger partial charge in [0.1, 0.15) is 0 Å².